The number of aryl methyl sites for hydroxylation is 2. The molecular weight excluding hydrogens is 212 g/mol. The standard InChI is InChI=1S/C14H18N2O/c1-2-6-12-13(17-16-14(12)15)10-9-11-7-4-3-5-8-11/h3-5,7-8H,2,6,9-10H2,1H3,(H2,15,16). The van der Waals surface area contributed by atoms with E-state index in [1.807, 2.05) is 6.07 Å². The van der Waals surface area contributed by atoms with E-state index in [-0.39, 0.29) is 0 Å². The number of benzene rings is 1. The molecule has 0 aliphatic carbocycles. The molecule has 0 atom stereocenters. The van der Waals surface area contributed by atoms with Crippen LogP contribution in [0, 0.1) is 0 Å². The summed E-state index contributed by atoms with van der Waals surface area (Å²) >= 11 is 0. The van der Waals surface area contributed by atoms with Gasteiger partial charge in [-0.3, -0.25) is 0 Å². The Morgan fingerprint density at radius 1 is 1.12 bits per heavy atom. The molecule has 2 N–H and O–H groups in total. The lowest BCUT2D eigenvalue weighted by atomic mass is 10.0. The average molecular weight is 230 g/mol. The first-order valence-corrected chi connectivity index (χ1v) is 6.08. The molecule has 0 amide bonds. The maximum Gasteiger partial charge on any atom is 0.170 e. The third-order valence-electron chi connectivity index (χ3n) is 2.88. The molecule has 1 heterocycles. The zero-order valence-corrected chi connectivity index (χ0v) is 10.1. The molecule has 0 unspecified atom stereocenters. The second kappa shape index (κ2) is 5.53. The molecule has 0 bridgehead atoms. The van der Waals surface area contributed by atoms with Crippen molar-refractivity contribution in [1.82, 2.24) is 5.16 Å². The van der Waals surface area contributed by atoms with Gasteiger partial charge in [-0.05, 0) is 18.4 Å². The highest BCUT2D eigenvalue weighted by Gasteiger charge is 2.12. The Kier molecular flexibility index (Phi) is 3.81. The van der Waals surface area contributed by atoms with Crippen molar-refractivity contribution in [2.75, 3.05) is 5.73 Å². The Hall–Kier alpha value is -1.77. The van der Waals surface area contributed by atoms with Crippen LogP contribution in [0.2, 0.25) is 0 Å². The predicted octanol–water partition coefficient (Wildman–Crippen LogP) is 2.99. The van der Waals surface area contributed by atoms with Crippen LogP contribution >= 0.6 is 0 Å². The molecule has 0 radical (unpaired) electrons. The van der Waals surface area contributed by atoms with Crippen LogP contribution in [0.15, 0.2) is 34.9 Å². The van der Waals surface area contributed by atoms with Gasteiger partial charge in [-0.25, -0.2) is 0 Å². The second-order valence-corrected chi connectivity index (χ2v) is 4.21. The van der Waals surface area contributed by atoms with Gasteiger partial charge in [-0.1, -0.05) is 48.8 Å². The van der Waals surface area contributed by atoms with Crippen molar-refractivity contribution < 1.29 is 4.52 Å². The molecule has 0 aliphatic rings. The van der Waals surface area contributed by atoms with Gasteiger partial charge in [0.25, 0.3) is 0 Å². The lowest BCUT2D eigenvalue weighted by molar-refractivity contribution is 0.384. The number of hydrogen-bond donors (Lipinski definition) is 1. The predicted molar refractivity (Wildman–Crippen MR) is 68.8 cm³/mol. The first-order chi connectivity index (χ1) is 8.31. The van der Waals surface area contributed by atoms with Crippen molar-refractivity contribution in [3.63, 3.8) is 0 Å². The van der Waals surface area contributed by atoms with Gasteiger partial charge in [-0.2, -0.15) is 0 Å². The van der Waals surface area contributed by atoms with Crippen molar-refractivity contribution in [3.8, 4) is 0 Å². The number of anilines is 1. The summed E-state index contributed by atoms with van der Waals surface area (Å²) in [4.78, 5) is 0. The van der Waals surface area contributed by atoms with E-state index in [4.69, 9.17) is 10.3 Å². The zero-order chi connectivity index (χ0) is 12.1. The van der Waals surface area contributed by atoms with Crippen LogP contribution in [0.3, 0.4) is 0 Å². The monoisotopic (exact) mass is 230 g/mol. The molecule has 0 saturated heterocycles. The molecule has 1 aromatic heterocycles. The Morgan fingerprint density at radius 3 is 2.59 bits per heavy atom. The smallest absolute Gasteiger partial charge is 0.170 e. The summed E-state index contributed by atoms with van der Waals surface area (Å²) in [7, 11) is 0. The van der Waals surface area contributed by atoms with Crippen LogP contribution in [0.4, 0.5) is 5.82 Å². The van der Waals surface area contributed by atoms with Crippen LogP contribution < -0.4 is 5.73 Å². The van der Waals surface area contributed by atoms with Crippen LogP contribution in [0.25, 0.3) is 0 Å². The maximum absolute atomic E-state index is 5.79. The topological polar surface area (TPSA) is 52.0 Å². The van der Waals surface area contributed by atoms with Crippen LogP contribution in [0.1, 0.15) is 30.2 Å². The van der Waals surface area contributed by atoms with Gasteiger partial charge < -0.3 is 10.3 Å². The normalized spacial score (nSPS) is 10.6. The molecule has 0 fully saturated rings. The second-order valence-electron chi connectivity index (χ2n) is 4.21. The Morgan fingerprint density at radius 2 is 1.88 bits per heavy atom. The highest BCUT2D eigenvalue weighted by molar-refractivity contribution is 5.40. The highest BCUT2D eigenvalue weighted by Crippen LogP contribution is 2.20. The van der Waals surface area contributed by atoms with E-state index in [2.05, 4.69) is 36.3 Å². The number of nitrogen functional groups attached to an aromatic ring is 1. The van der Waals surface area contributed by atoms with Crippen LogP contribution in [-0.2, 0) is 19.3 Å². The van der Waals surface area contributed by atoms with Crippen molar-refractivity contribution in [3.05, 3.63) is 47.2 Å². The summed E-state index contributed by atoms with van der Waals surface area (Å²) in [6.07, 6.45) is 3.83. The molecule has 17 heavy (non-hydrogen) atoms. The molecule has 0 saturated carbocycles. The van der Waals surface area contributed by atoms with Crippen molar-refractivity contribution in [2.45, 2.75) is 32.6 Å². The first kappa shape index (κ1) is 11.7. The molecule has 1 aromatic carbocycles. The summed E-state index contributed by atoms with van der Waals surface area (Å²) < 4.78 is 5.29. The Bertz CT molecular complexity index is 462. The van der Waals surface area contributed by atoms with Gasteiger partial charge in [-0.15, -0.1) is 0 Å². The van der Waals surface area contributed by atoms with E-state index in [9.17, 15) is 0 Å². The van der Waals surface area contributed by atoms with Gasteiger partial charge in [0.05, 0.1) is 0 Å². The lowest BCUT2D eigenvalue weighted by Gasteiger charge is -2.01. The van der Waals surface area contributed by atoms with Crippen LogP contribution in [-0.4, -0.2) is 5.16 Å². The summed E-state index contributed by atoms with van der Waals surface area (Å²) in [5.74, 6) is 1.49. The van der Waals surface area contributed by atoms with Gasteiger partial charge >= 0.3 is 0 Å². The van der Waals surface area contributed by atoms with Gasteiger partial charge in [0.2, 0.25) is 0 Å². The molecule has 2 rings (SSSR count). The molecule has 0 spiro atoms. The van der Waals surface area contributed by atoms with Gasteiger partial charge in [0.15, 0.2) is 5.82 Å². The zero-order valence-electron chi connectivity index (χ0n) is 10.1. The van der Waals surface area contributed by atoms with E-state index in [0.29, 0.717) is 5.82 Å². The SMILES string of the molecule is CCCc1c(N)noc1CCc1ccccc1. The third kappa shape index (κ3) is 2.87. The van der Waals surface area contributed by atoms with E-state index in [0.717, 1.165) is 37.0 Å². The molecular formula is C14H18N2O. The minimum absolute atomic E-state index is 0.551. The molecule has 3 heteroatoms. The van der Waals surface area contributed by atoms with Crippen molar-refractivity contribution in [1.29, 1.82) is 0 Å². The quantitative estimate of drug-likeness (QED) is 0.859. The number of aromatic nitrogens is 1. The summed E-state index contributed by atoms with van der Waals surface area (Å²) in [6.45, 7) is 2.13. The lowest BCUT2D eigenvalue weighted by Crippen LogP contribution is -1.97. The minimum atomic E-state index is 0.551. The Balaban J connectivity index is 2.04. The van der Waals surface area contributed by atoms with E-state index in [1.54, 1.807) is 0 Å². The summed E-state index contributed by atoms with van der Waals surface area (Å²) in [5.41, 5.74) is 8.19. The largest absolute Gasteiger partial charge is 0.381 e. The van der Waals surface area contributed by atoms with Crippen molar-refractivity contribution >= 4 is 5.82 Å². The summed E-state index contributed by atoms with van der Waals surface area (Å²) in [5, 5.41) is 3.85. The highest BCUT2D eigenvalue weighted by atomic mass is 16.5. The molecule has 0 aliphatic heterocycles. The fourth-order valence-electron chi connectivity index (χ4n) is 1.97. The van der Waals surface area contributed by atoms with Gasteiger partial charge in [0, 0.05) is 12.0 Å². The fraction of sp³-hybridized carbons (Fsp3) is 0.357. The van der Waals surface area contributed by atoms with E-state index in [1.165, 1.54) is 5.56 Å². The number of nitrogens with two attached hydrogens (primary N) is 1. The maximum atomic E-state index is 5.79. The van der Waals surface area contributed by atoms with Crippen LogP contribution in [0.5, 0.6) is 0 Å². The minimum Gasteiger partial charge on any atom is -0.381 e. The number of nitrogens with zero attached hydrogens (tertiary/aromatic N) is 1. The number of rotatable bonds is 5. The van der Waals surface area contributed by atoms with E-state index < -0.39 is 0 Å². The molecule has 3 nitrogen and oxygen atoms in total. The number of hydrogen-bond acceptors (Lipinski definition) is 3. The third-order valence-corrected chi connectivity index (χ3v) is 2.88. The average Bonchev–Trinajstić information content (AvgIpc) is 2.70. The van der Waals surface area contributed by atoms with Gasteiger partial charge in [0.1, 0.15) is 5.76 Å². The van der Waals surface area contributed by atoms with Crippen molar-refractivity contribution in [2.24, 2.45) is 0 Å². The fourth-order valence-corrected chi connectivity index (χ4v) is 1.97. The molecule has 90 valence electrons. The van der Waals surface area contributed by atoms with E-state index >= 15 is 0 Å². The molecule has 2 aromatic rings. The summed E-state index contributed by atoms with van der Waals surface area (Å²) in [6, 6.07) is 10.4. The Labute approximate surface area is 102 Å². The first-order valence-electron chi connectivity index (χ1n) is 6.08.